The predicted octanol–water partition coefficient (Wildman–Crippen LogP) is 10.6. The molecule has 0 aliphatic heterocycles. The van der Waals surface area contributed by atoms with E-state index in [9.17, 15) is 22.7 Å². The fourth-order valence-corrected chi connectivity index (χ4v) is 14.2. The summed E-state index contributed by atoms with van der Waals surface area (Å²) in [4.78, 5) is 53.6. The van der Waals surface area contributed by atoms with Crippen LogP contribution >= 0.6 is 41.1 Å². The van der Waals surface area contributed by atoms with E-state index in [-0.39, 0.29) is 88.0 Å². The lowest BCUT2D eigenvalue weighted by Crippen LogP contribution is -2.08. The van der Waals surface area contributed by atoms with Gasteiger partial charge in [0.25, 0.3) is 0 Å². The summed E-state index contributed by atoms with van der Waals surface area (Å²) >= 11 is 6.09. The van der Waals surface area contributed by atoms with Crippen LogP contribution in [0.1, 0.15) is 27.8 Å². The van der Waals surface area contributed by atoms with Gasteiger partial charge in [-0.15, -0.1) is 0 Å². The number of rotatable bonds is 37. The smallest absolute Gasteiger partial charge is 0.246 e. The third kappa shape index (κ3) is 26.3. The van der Waals surface area contributed by atoms with Crippen LogP contribution in [-0.4, -0.2) is 197 Å². The van der Waals surface area contributed by atoms with E-state index in [2.05, 4.69) is 64.8 Å². The number of hydrogen-bond acceptors (Lipinski definition) is 34. The summed E-state index contributed by atoms with van der Waals surface area (Å²) in [5.41, 5.74) is 31.4. The first kappa shape index (κ1) is 87.0. The molecule has 0 aliphatic rings. The maximum Gasteiger partial charge on any atom is 0.246 e. The van der Waals surface area contributed by atoms with Crippen LogP contribution < -0.4 is 46.6 Å². The maximum absolute atomic E-state index is 13.2. The Bertz CT molecular complexity index is 5330. The van der Waals surface area contributed by atoms with E-state index in [0.717, 1.165) is 16.7 Å². The number of nitrogens with zero attached hydrogens (tertiary/aromatic N) is 17. The molecule has 9 aromatic heterocycles. The summed E-state index contributed by atoms with van der Waals surface area (Å²) in [5.74, 6) is 1.83. The molecule has 0 amide bonds. The van der Waals surface area contributed by atoms with Crippen molar-refractivity contribution in [2.24, 2.45) is 0 Å². The third-order valence-electron chi connectivity index (χ3n) is 15.7. The number of anilines is 4. The Morgan fingerprint density at radius 3 is 1.05 bits per heavy atom. The summed E-state index contributed by atoms with van der Waals surface area (Å²) in [6.45, 7) is 11.8. The first-order valence-electron chi connectivity index (χ1n) is 34.3. The zero-order valence-electron chi connectivity index (χ0n) is 63.7. The van der Waals surface area contributed by atoms with Gasteiger partial charge in [0.1, 0.15) is 37.0 Å². The van der Waals surface area contributed by atoms with E-state index in [1.807, 2.05) is 37.3 Å². The van der Waals surface area contributed by atoms with Crippen molar-refractivity contribution in [3.8, 4) is 29.3 Å². The monoisotopic (exact) mass is 1660 g/mol. The lowest BCUT2D eigenvalue weighted by molar-refractivity contribution is 0.153. The van der Waals surface area contributed by atoms with Gasteiger partial charge >= 0.3 is 0 Å². The highest BCUT2D eigenvalue weighted by Crippen LogP contribution is 2.46. The second-order valence-electron chi connectivity index (χ2n) is 25.1. The Morgan fingerprint density at radius 1 is 0.407 bits per heavy atom. The Labute approximate surface area is 653 Å². The average molecular weight is 1660 g/mol. The minimum atomic E-state index is -2.98. The molecule has 12 aromatic rings. The molecule has 0 radical (unpaired) electrons. The van der Waals surface area contributed by atoms with Crippen LogP contribution in [0.3, 0.4) is 0 Å². The molecule has 4 atom stereocenters. The number of hydrogen-bond donors (Lipinski definition) is 4. The molecule has 0 aliphatic carbocycles. The van der Waals surface area contributed by atoms with Crippen LogP contribution in [0.4, 0.5) is 28.2 Å². The molecule has 606 valence electrons. The highest BCUT2D eigenvalue weighted by Gasteiger charge is 2.23. The lowest BCUT2D eigenvalue weighted by atomic mass is 10.2. The number of pyridine rings is 1. The zero-order valence-corrected chi connectivity index (χ0v) is 68.0. The van der Waals surface area contributed by atoms with Gasteiger partial charge in [-0.3, -0.25) is 23.2 Å². The van der Waals surface area contributed by atoms with Gasteiger partial charge in [-0.1, -0.05) is 65.7 Å². The van der Waals surface area contributed by atoms with Gasteiger partial charge in [0.15, 0.2) is 44.7 Å². The van der Waals surface area contributed by atoms with Gasteiger partial charge in [0, 0.05) is 65.2 Å². The molecular formula is C69H89ClFN21O17P4. The highest BCUT2D eigenvalue weighted by atomic mass is 35.5. The molecule has 0 saturated carbocycles. The summed E-state index contributed by atoms with van der Waals surface area (Å²) in [6.07, 6.45) is 9.71. The van der Waals surface area contributed by atoms with E-state index in [1.54, 1.807) is 113 Å². The summed E-state index contributed by atoms with van der Waals surface area (Å²) < 4.78 is 140. The van der Waals surface area contributed by atoms with Crippen molar-refractivity contribution in [2.45, 2.75) is 59.5 Å². The Balaban J connectivity index is 0.000000173. The number of aromatic nitrogens is 17. The number of aryl methyl sites for hydroxylation is 1. The molecule has 4 unspecified atom stereocenters. The van der Waals surface area contributed by atoms with Gasteiger partial charge < -0.3 is 102 Å². The molecule has 0 saturated heterocycles. The van der Waals surface area contributed by atoms with Crippen LogP contribution in [0.25, 0.3) is 44.7 Å². The number of nitrogens with two attached hydrogens (primary N) is 4. The van der Waals surface area contributed by atoms with Crippen LogP contribution in [-0.2, 0) is 108 Å². The van der Waals surface area contributed by atoms with Gasteiger partial charge in [-0.2, -0.15) is 39.9 Å². The number of benzene rings is 3. The second kappa shape index (κ2) is 41.2. The summed E-state index contributed by atoms with van der Waals surface area (Å²) in [5, 5.41) is 0.467. The van der Waals surface area contributed by atoms with E-state index in [1.165, 1.54) is 59.5 Å². The standard InChI is InChI=1S/C18H23ClN5O5P.C18H24N5O4P.C17H21FN5O4P.C16H21N6O4P/c1-26-14-5-4-12(8-13(14)19)9-29-30(3,25)11-28-7-6-24-10-21-15-16(24)22-18(20)23-17(15)27-2;1-13-4-6-14(7-5-13)10-27-28(3,24)12-26-9-8-23-11-20-15-16(23)21-18(19)22-17(15)25-2;1-25-16-14-15(21-17(19)22-16)23(10-20-14)6-7-26-11-28(2,24)27-9-12-4-3-5-13(18)8-12;1-24-15-13-14(20-16(17)21-15)22(10-19-13)6-7-25-11-27(2,23)26-9-12-4-3-5-18-8-12/h4-5,8,10H,6-7,9,11H2,1-3H3,(H2,20,22,23);4-7,11H,8-10,12H2,1-3H3,(H2,19,21,22);3-5,8,10H,6-7,9,11H2,1-2H3,(H2,19,21,22);3-5,8,10H,6-7,9,11H2,1-2H3,(H2,17,20,21). The van der Waals surface area contributed by atoms with E-state index in [0.29, 0.717) is 131 Å². The largest absolute Gasteiger partial charge is 0.495 e. The minimum absolute atomic E-state index is 0.0142. The quantitative estimate of drug-likeness (QED) is 0.0207. The van der Waals surface area contributed by atoms with Crippen molar-refractivity contribution in [3.63, 3.8) is 0 Å². The van der Waals surface area contributed by atoms with Crippen LogP contribution in [0.15, 0.2) is 117 Å². The van der Waals surface area contributed by atoms with Crippen molar-refractivity contribution in [2.75, 3.05) is 137 Å². The molecule has 0 spiro atoms. The molecule has 8 N–H and O–H groups in total. The predicted molar refractivity (Wildman–Crippen MR) is 422 cm³/mol. The highest BCUT2D eigenvalue weighted by molar-refractivity contribution is 7.58. The van der Waals surface area contributed by atoms with Gasteiger partial charge in [0.05, 0.1) is 119 Å². The molecule has 0 bridgehead atoms. The Hall–Kier alpha value is -9.97. The van der Waals surface area contributed by atoms with Crippen LogP contribution in [0.2, 0.25) is 5.02 Å². The van der Waals surface area contributed by atoms with Crippen molar-refractivity contribution in [1.29, 1.82) is 0 Å². The fourth-order valence-electron chi connectivity index (χ4n) is 10.1. The van der Waals surface area contributed by atoms with Crippen molar-refractivity contribution < 1.29 is 83.4 Å². The van der Waals surface area contributed by atoms with Crippen LogP contribution in [0.5, 0.6) is 29.3 Å². The van der Waals surface area contributed by atoms with E-state index >= 15 is 0 Å². The Morgan fingerprint density at radius 2 is 0.735 bits per heavy atom. The minimum Gasteiger partial charge on any atom is -0.495 e. The zero-order chi connectivity index (χ0) is 81.3. The van der Waals surface area contributed by atoms with Crippen LogP contribution in [0, 0.1) is 12.7 Å². The van der Waals surface area contributed by atoms with Gasteiger partial charge in [-0.05, 0) is 59.5 Å². The first-order chi connectivity index (χ1) is 54.1. The molecule has 44 heteroatoms. The Kier molecular flexibility index (Phi) is 31.7. The normalized spacial score (nSPS) is 13.5. The number of methoxy groups -OCH3 is 5. The first-order valence-corrected chi connectivity index (χ1v) is 43.7. The number of imidazole rings is 4. The number of halogens is 2. The van der Waals surface area contributed by atoms with Crippen molar-refractivity contribution in [3.05, 3.63) is 155 Å². The fraction of sp³-hybridized carbons (Fsp3) is 0.377. The number of nitrogen functional groups attached to an aromatic ring is 4. The van der Waals surface area contributed by atoms with E-state index in [4.69, 9.17) is 95.3 Å². The molecule has 38 nitrogen and oxygen atoms in total. The van der Waals surface area contributed by atoms with Gasteiger partial charge in [-0.25, -0.2) is 24.3 Å². The molecule has 12 rings (SSSR count). The molecule has 0 fully saturated rings. The molecular weight excluding hydrogens is 1570 g/mol. The topological polar surface area (TPSA) is 480 Å². The SMILES string of the molecule is COc1ccc(COP(C)(=O)COCCn2cnc3c(OC)nc(N)nc32)cc1Cl.COc1nc(N)nc2c1ncn2CCOCP(C)(=O)OCc1ccc(C)cc1.COc1nc(N)nc2c1ncn2CCOCP(C)(=O)OCc1cccc(F)c1.COc1nc(N)nc2c1ncn2CCOCP(C)(=O)OCc1cccnc1. The lowest BCUT2D eigenvalue weighted by Gasteiger charge is -2.15. The van der Waals surface area contributed by atoms with E-state index < -0.39 is 29.5 Å². The molecule has 9 heterocycles. The number of ether oxygens (including phenoxy) is 9. The summed E-state index contributed by atoms with van der Waals surface area (Å²) in [7, 11) is -4.17. The van der Waals surface area contributed by atoms with Crippen molar-refractivity contribution in [1.82, 2.24) is 83.1 Å². The van der Waals surface area contributed by atoms with Crippen molar-refractivity contribution >= 4 is 110 Å². The molecule has 113 heavy (non-hydrogen) atoms. The van der Waals surface area contributed by atoms with Gasteiger partial charge in [0.2, 0.25) is 76.8 Å². The molecule has 3 aromatic carbocycles. The number of fused-ring (bicyclic) bond motifs is 4. The average Bonchev–Trinajstić information content (AvgIpc) is 1.69. The summed E-state index contributed by atoms with van der Waals surface area (Å²) in [6, 6.07) is 22.8. The maximum atomic E-state index is 13.2. The second-order valence-corrected chi connectivity index (χ2v) is 35.6. The third-order valence-corrected chi connectivity index (χ3v) is 21.3.